The van der Waals surface area contributed by atoms with E-state index < -0.39 is 0 Å². The van der Waals surface area contributed by atoms with Crippen LogP contribution in [0.2, 0.25) is 0 Å². The van der Waals surface area contributed by atoms with E-state index in [-0.39, 0.29) is 0 Å². The predicted molar refractivity (Wildman–Crippen MR) is 69.5 cm³/mol. The topological polar surface area (TPSA) is 4.10 Å². The minimum atomic E-state index is 1.14. The predicted octanol–water partition coefficient (Wildman–Crippen LogP) is 3.65. The van der Waals surface area contributed by atoms with Crippen molar-refractivity contribution < 1.29 is 4.40 Å². The monoisotopic (exact) mass is 272 g/mol. The minimum Gasteiger partial charge on any atom is -0.166 e. The van der Waals surface area contributed by atoms with Crippen LogP contribution in [0.3, 0.4) is 0 Å². The SMILES string of the molecule is Cc1c2cccc(Br)c2c[n+]2ccccc12. The van der Waals surface area contributed by atoms with E-state index >= 15 is 0 Å². The van der Waals surface area contributed by atoms with Crippen LogP contribution >= 0.6 is 15.9 Å². The zero-order chi connectivity index (χ0) is 11.1. The summed E-state index contributed by atoms with van der Waals surface area (Å²) in [4.78, 5) is 0. The van der Waals surface area contributed by atoms with Gasteiger partial charge >= 0.3 is 0 Å². The molecule has 0 aliphatic carbocycles. The molecule has 0 saturated carbocycles. The van der Waals surface area contributed by atoms with Crippen molar-refractivity contribution in [2.24, 2.45) is 0 Å². The third kappa shape index (κ3) is 1.34. The number of benzene rings is 1. The molecule has 0 bridgehead atoms. The first-order valence-corrected chi connectivity index (χ1v) is 6.04. The van der Waals surface area contributed by atoms with Crippen molar-refractivity contribution in [3.63, 3.8) is 0 Å². The first-order chi connectivity index (χ1) is 7.77. The van der Waals surface area contributed by atoms with Crippen molar-refractivity contribution in [1.29, 1.82) is 0 Å². The lowest BCUT2D eigenvalue weighted by molar-refractivity contribution is -0.510. The van der Waals surface area contributed by atoms with Crippen LogP contribution in [-0.2, 0) is 0 Å². The lowest BCUT2D eigenvalue weighted by Gasteiger charge is -2.03. The average molecular weight is 273 g/mol. The summed E-state index contributed by atoms with van der Waals surface area (Å²) in [6, 6.07) is 12.6. The molecule has 0 N–H and O–H groups in total. The molecule has 78 valence electrons. The average Bonchev–Trinajstić information content (AvgIpc) is 2.31. The Balaban J connectivity index is 2.61. The van der Waals surface area contributed by atoms with E-state index in [0.29, 0.717) is 0 Å². The summed E-state index contributed by atoms with van der Waals surface area (Å²) in [6.45, 7) is 2.17. The largest absolute Gasteiger partial charge is 0.214 e. The number of hydrogen-bond acceptors (Lipinski definition) is 0. The number of pyridine rings is 2. The van der Waals surface area contributed by atoms with Gasteiger partial charge in [0.2, 0.25) is 5.52 Å². The Hall–Kier alpha value is -1.41. The molecule has 0 spiro atoms. The molecule has 2 heterocycles. The van der Waals surface area contributed by atoms with Crippen LogP contribution in [0.25, 0.3) is 16.3 Å². The third-order valence-electron chi connectivity index (χ3n) is 3.00. The summed E-state index contributed by atoms with van der Waals surface area (Å²) in [6.07, 6.45) is 4.25. The van der Waals surface area contributed by atoms with Gasteiger partial charge in [-0.15, -0.1) is 0 Å². The number of fused-ring (bicyclic) bond motifs is 2. The van der Waals surface area contributed by atoms with Crippen molar-refractivity contribution in [2.75, 3.05) is 0 Å². The summed E-state index contributed by atoms with van der Waals surface area (Å²) in [5.74, 6) is 0. The Labute approximate surface area is 102 Å². The number of nitrogens with zero attached hydrogens (tertiary/aromatic N) is 1. The Morgan fingerprint density at radius 1 is 1.00 bits per heavy atom. The maximum absolute atomic E-state index is 3.60. The lowest BCUT2D eigenvalue weighted by Crippen LogP contribution is -2.21. The summed E-state index contributed by atoms with van der Waals surface area (Å²) >= 11 is 3.60. The summed E-state index contributed by atoms with van der Waals surface area (Å²) in [5.41, 5.74) is 2.58. The van der Waals surface area contributed by atoms with Crippen molar-refractivity contribution >= 4 is 32.2 Å². The molecule has 0 unspecified atom stereocenters. The molecule has 0 saturated heterocycles. The fourth-order valence-corrected chi connectivity index (χ4v) is 2.63. The molecular weight excluding hydrogens is 262 g/mol. The van der Waals surface area contributed by atoms with Gasteiger partial charge in [-0.2, -0.15) is 4.40 Å². The first kappa shape index (κ1) is 9.79. The molecule has 2 heteroatoms. The molecule has 1 aromatic carbocycles. The highest BCUT2D eigenvalue weighted by atomic mass is 79.9. The zero-order valence-corrected chi connectivity index (χ0v) is 10.5. The molecule has 2 aromatic heterocycles. The maximum Gasteiger partial charge on any atom is 0.214 e. The number of hydrogen-bond donors (Lipinski definition) is 0. The second-order valence-corrected chi connectivity index (χ2v) is 4.80. The third-order valence-corrected chi connectivity index (χ3v) is 3.69. The van der Waals surface area contributed by atoms with E-state index in [2.05, 4.69) is 76.0 Å². The van der Waals surface area contributed by atoms with Gasteiger partial charge in [0.1, 0.15) is 0 Å². The maximum atomic E-state index is 3.60. The molecule has 0 aliphatic rings. The molecule has 0 atom stereocenters. The van der Waals surface area contributed by atoms with Crippen molar-refractivity contribution in [3.8, 4) is 0 Å². The van der Waals surface area contributed by atoms with Gasteiger partial charge in [0.05, 0.1) is 5.39 Å². The van der Waals surface area contributed by atoms with E-state index in [1.165, 1.54) is 21.9 Å². The van der Waals surface area contributed by atoms with Crippen LogP contribution < -0.4 is 4.40 Å². The molecule has 0 fully saturated rings. The second-order valence-electron chi connectivity index (χ2n) is 3.95. The Morgan fingerprint density at radius 2 is 1.88 bits per heavy atom. The van der Waals surface area contributed by atoms with E-state index in [4.69, 9.17) is 0 Å². The van der Waals surface area contributed by atoms with Gasteiger partial charge < -0.3 is 0 Å². The number of halogens is 1. The van der Waals surface area contributed by atoms with Crippen LogP contribution in [0.4, 0.5) is 0 Å². The Morgan fingerprint density at radius 3 is 2.75 bits per heavy atom. The minimum absolute atomic E-state index is 1.14. The fourth-order valence-electron chi connectivity index (χ4n) is 2.16. The molecule has 0 aliphatic heterocycles. The molecule has 0 radical (unpaired) electrons. The molecule has 3 rings (SSSR count). The van der Waals surface area contributed by atoms with Crippen molar-refractivity contribution in [1.82, 2.24) is 0 Å². The van der Waals surface area contributed by atoms with Crippen LogP contribution in [0.1, 0.15) is 5.56 Å². The quantitative estimate of drug-likeness (QED) is 0.435. The van der Waals surface area contributed by atoms with E-state index in [1.807, 2.05) is 0 Å². The number of aryl methyl sites for hydroxylation is 1. The fraction of sp³-hybridized carbons (Fsp3) is 0.0714. The van der Waals surface area contributed by atoms with Gasteiger partial charge in [-0.25, -0.2) is 0 Å². The highest BCUT2D eigenvalue weighted by Gasteiger charge is 2.11. The van der Waals surface area contributed by atoms with Crippen LogP contribution in [0.15, 0.2) is 53.3 Å². The number of rotatable bonds is 0. The highest BCUT2D eigenvalue weighted by Crippen LogP contribution is 2.26. The van der Waals surface area contributed by atoms with Crippen LogP contribution in [0, 0.1) is 6.92 Å². The van der Waals surface area contributed by atoms with Gasteiger partial charge in [0.25, 0.3) is 0 Å². The zero-order valence-electron chi connectivity index (χ0n) is 8.94. The van der Waals surface area contributed by atoms with Gasteiger partial charge in [-0.05, 0) is 40.4 Å². The normalized spacial score (nSPS) is 11.1. The van der Waals surface area contributed by atoms with Gasteiger partial charge in [-0.3, -0.25) is 0 Å². The summed E-state index contributed by atoms with van der Waals surface area (Å²) in [5, 5.41) is 2.56. The molecule has 0 amide bonds. The first-order valence-electron chi connectivity index (χ1n) is 5.25. The van der Waals surface area contributed by atoms with Gasteiger partial charge in [0, 0.05) is 22.2 Å². The van der Waals surface area contributed by atoms with E-state index in [0.717, 1.165) is 4.47 Å². The molecule has 1 nitrogen and oxygen atoms in total. The molecule has 16 heavy (non-hydrogen) atoms. The van der Waals surface area contributed by atoms with Crippen molar-refractivity contribution in [2.45, 2.75) is 6.92 Å². The lowest BCUT2D eigenvalue weighted by atomic mass is 10.1. The second kappa shape index (κ2) is 3.56. The van der Waals surface area contributed by atoms with E-state index in [9.17, 15) is 0 Å². The van der Waals surface area contributed by atoms with Crippen LogP contribution in [0.5, 0.6) is 0 Å². The standard InChI is InChI=1S/C14H11BrN/c1-10-11-5-4-6-13(15)12(11)9-16-8-3-2-7-14(10)16/h2-9H,1H3/q+1. The number of aromatic nitrogens is 1. The van der Waals surface area contributed by atoms with Crippen molar-refractivity contribution in [3.05, 3.63) is 58.8 Å². The van der Waals surface area contributed by atoms with Gasteiger partial charge in [0.15, 0.2) is 12.4 Å². The molecule has 3 aromatic rings. The van der Waals surface area contributed by atoms with E-state index in [1.54, 1.807) is 0 Å². The summed E-state index contributed by atoms with van der Waals surface area (Å²) < 4.78 is 3.31. The van der Waals surface area contributed by atoms with Crippen LogP contribution in [-0.4, -0.2) is 0 Å². The molecular formula is C14H11BrN+. The highest BCUT2D eigenvalue weighted by molar-refractivity contribution is 9.10. The smallest absolute Gasteiger partial charge is 0.166 e. The Bertz CT molecular complexity index is 689. The van der Waals surface area contributed by atoms with Gasteiger partial charge in [-0.1, -0.05) is 12.1 Å². The summed E-state index contributed by atoms with van der Waals surface area (Å²) in [7, 11) is 0. The Kier molecular flexibility index (Phi) is 2.18.